The number of halogens is 2. The van der Waals surface area contributed by atoms with Gasteiger partial charge in [0.1, 0.15) is 9.61 Å². The molecule has 0 spiro atoms. The molecule has 0 fully saturated rings. The summed E-state index contributed by atoms with van der Waals surface area (Å²) < 4.78 is 9.63. The van der Waals surface area contributed by atoms with Crippen molar-refractivity contribution in [3.8, 4) is 21.7 Å². The number of carboxylic acid groups (broad SMARTS) is 1. The van der Waals surface area contributed by atoms with Gasteiger partial charge in [-0.2, -0.15) is 5.10 Å². The molecule has 3 aromatic carbocycles. The molecule has 0 amide bonds. The van der Waals surface area contributed by atoms with E-state index in [4.69, 9.17) is 21.3 Å². The van der Waals surface area contributed by atoms with Crippen LogP contribution in [0.2, 0.25) is 5.02 Å². The van der Waals surface area contributed by atoms with Crippen LogP contribution in [0.4, 0.5) is 0 Å². The van der Waals surface area contributed by atoms with Crippen LogP contribution in [0.1, 0.15) is 38.0 Å². The van der Waals surface area contributed by atoms with Gasteiger partial charge in [-0.3, -0.25) is 4.68 Å². The minimum absolute atomic E-state index is 0.607. The monoisotopic (exact) mass is 597 g/mol. The maximum Gasteiger partial charge on any atom is 0.337 e. The molecule has 2 heterocycles. The Morgan fingerprint density at radius 2 is 1.81 bits per heavy atom. The fraction of sp³-hybridized carbons (Fsp3) is 0.250. The highest BCUT2D eigenvalue weighted by Crippen LogP contribution is 2.44. The number of ether oxygens (including phenoxy) is 1. The first kappa shape index (κ1) is 25.9. The highest BCUT2D eigenvalue weighted by molar-refractivity contribution is 9.10. The van der Waals surface area contributed by atoms with Crippen molar-refractivity contribution >= 4 is 66.0 Å². The van der Waals surface area contributed by atoms with Gasteiger partial charge in [-0.15, -0.1) is 11.3 Å². The second-order valence-corrected chi connectivity index (χ2v) is 12.1. The lowest BCUT2D eigenvalue weighted by Gasteiger charge is -2.28. The summed E-state index contributed by atoms with van der Waals surface area (Å²) in [6.45, 7) is 7.48. The molecule has 0 radical (unpaired) electrons. The van der Waals surface area contributed by atoms with E-state index in [1.807, 2.05) is 81.9 Å². The lowest BCUT2D eigenvalue weighted by atomic mass is 9.91. The van der Waals surface area contributed by atoms with Crippen molar-refractivity contribution in [3.63, 3.8) is 0 Å². The van der Waals surface area contributed by atoms with Crippen LogP contribution in [0.5, 0.6) is 0 Å². The van der Waals surface area contributed by atoms with E-state index in [1.165, 1.54) is 11.3 Å². The normalized spacial score (nSPS) is 12.9. The zero-order valence-electron chi connectivity index (χ0n) is 21.0. The quantitative estimate of drug-likeness (QED) is 0.221. The molecule has 190 valence electrons. The summed E-state index contributed by atoms with van der Waals surface area (Å²) >= 11 is 11.2. The molecule has 2 aromatic heterocycles. The molecule has 37 heavy (non-hydrogen) atoms. The van der Waals surface area contributed by atoms with E-state index in [9.17, 15) is 9.90 Å². The molecule has 5 aromatic rings. The number of aryl methyl sites for hydroxylation is 2. The van der Waals surface area contributed by atoms with Crippen LogP contribution >= 0.6 is 38.9 Å². The Kier molecular flexibility index (Phi) is 6.64. The lowest BCUT2D eigenvalue weighted by Crippen LogP contribution is -2.28. The van der Waals surface area contributed by atoms with Crippen molar-refractivity contribution in [2.24, 2.45) is 7.05 Å². The number of rotatable bonds is 5. The number of carboxylic acids is 1. The largest absolute Gasteiger partial charge is 0.479 e. The number of hydrogen-bond donors (Lipinski definition) is 1. The summed E-state index contributed by atoms with van der Waals surface area (Å²) in [7, 11) is 1.91. The minimum Gasteiger partial charge on any atom is -0.479 e. The van der Waals surface area contributed by atoms with Crippen LogP contribution in [-0.2, 0) is 16.6 Å². The van der Waals surface area contributed by atoms with Gasteiger partial charge < -0.3 is 9.84 Å². The Morgan fingerprint density at radius 3 is 2.46 bits per heavy atom. The van der Waals surface area contributed by atoms with Crippen molar-refractivity contribution in [3.05, 3.63) is 69.3 Å². The Bertz CT molecular complexity index is 1670. The number of hydrogen-bond acceptors (Lipinski definition) is 5. The van der Waals surface area contributed by atoms with Crippen molar-refractivity contribution in [2.45, 2.75) is 39.4 Å². The molecule has 6 nitrogen and oxygen atoms in total. The molecule has 1 unspecified atom stereocenters. The first-order chi connectivity index (χ1) is 17.4. The zero-order valence-corrected chi connectivity index (χ0v) is 24.1. The number of benzene rings is 3. The van der Waals surface area contributed by atoms with Gasteiger partial charge in [0.2, 0.25) is 0 Å². The third-order valence-corrected chi connectivity index (χ3v) is 8.05. The molecule has 1 atom stereocenters. The number of aromatic nitrogens is 3. The van der Waals surface area contributed by atoms with Gasteiger partial charge in [0.25, 0.3) is 0 Å². The number of aliphatic carboxylic acids is 1. The zero-order chi connectivity index (χ0) is 26.6. The third kappa shape index (κ3) is 4.91. The molecule has 1 N–H and O–H groups in total. The van der Waals surface area contributed by atoms with Crippen molar-refractivity contribution in [2.75, 3.05) is 0 Å². The second-order valence-electron chi connectivity index (χ2n) is 9.95. The van der Waals surface area contributed by atoms with Gasteiger partial charge in [0.15, 0.2) is 6.10 Å². The molecule has 5 rings (SSSR count). The molecule has 0 aliphatic rings. The molecule has 0 bridgehead atoms. The average molecular weight is 599 g/mol. The summed E-state index contributed by atoms with van der Waals surface area (Å²) in [5, 5.41) is 17.2. The molecule has 0 aliphatic carbocycles. The highest BCUT2D eigenvalue weighted by Gasteiger charge is 2.32. The molecule has 0 aliphatic heterocycles. The Hall–Kier alpha value is -2.78. The van der Waals surface area contributed by atoms with E-state index in [0.717, 1.165) is 53.0 Å². The Morgan fingerprint density at radius 1 is 1.14 bits per heavy atom. The van der Waals surface area contributed by atoms with Crippen LogP contribution in [0, 0.1) is 6.92 Å². The number of nitrogens with zero attached hydrogens (tertiary/aromatic N) is 3. The summed E-state index contributed by atoms with van der Waals surface area (Å²) in [5.74, 6) is -1.04. The molecule has 9 heteroatoms. The Labute approximate surface area is 232 Å². The van der Waals surface area contributed by atoms with Crippen molar-refractivity contribution in [1.82, 2.24) is 14.8 Å². The lowest BCUT2D eigenvalue weighted by molar-refractivity contribution is -0.160. The van der Waals surface area contributed by atoms with Crippen LogP contribution in [-0.4, -0.2) is 31.4 Å². The number of fused-ring (bicyclic) bond motifs is 2. The van der Waals surface area contributed by atoms with Gasteiger partial charge >= 0.3 is 5.97 Å². The first-order valence-electron chi connectivity index (χ1n) is 11.7. The summed E-state index contributed by atoms with van der Waals surface area (Å²) in [4.78, 5) is 17.5. The molecular formula is C28H25BrClN3O3S. The van der Waals surface area contributed by atoms with E-state index >= 15 is 0 Å². The van der Waals surface area contributed by atoms with E-state index in [-0.39, 0.29) is 0 Å². The first-order valence-corrected chi connectivity index (χ1v) is 13.6. The highest BCUT2D eigenvalue weighted by atomic mass is 79.9. The standard InChI is InChI=1S/C28H25BrClN3O3S/c1-14-12-19-24(37-26(31-19)16-8-11-18-20(13-16)33(5)32-25(18)29)22(15-6-9-17(30)10-7-15)21(14)23(27(34)35)36-28(2,3)4/h6-13,23H,1-5H3,(H,34,35). The maximum absolute atomic E-state index is 12.5. The summed E-state index contributed by atoms with van der Waals surface area (Å²) in [6.07, 6.45) is -1.15. The summed E-state index contributed by atoms with van der Waals surface area (Å²) in [6, 6.07) is 15.5. The number of thiazole rings is 1. The second kappa shape index (κ2) is 9.51. The van der Waals surface area contributed by atoms with Gasteiger partial charge in [-0.05, 0) is 85.1 Å². The average Bonchev–Trinajstić information content (AvgIpc) is 3.37. The predicted molar refractivity (Wildman–Crippen MR) is 153 cm³/mol. The van der Waals surface area contributed by atoms with E-state index < -0.39 is 17.7 Å². The number of carbonyl (C=O) groups is 1. The van der Waals surface area contributed by atoms with Crippen LogP contribution in [0.15, 0.2) is 53.1 Å². The van der Waals surface area contributed by atoms with Crippen LogP contribution in [0.25, 0.3) is 42.8 Å². The van der Waals surface area contributed by atoms with E-state index in [2.05, 4.69) is 27.1 Å². The fourth-order valence-corrected chi connectivity index (χ4v) is 6.33. The molecule has 0 saturated carbocycles. The molecular weight excluding hydrogens is 574 g/mol. The predicted octanol–water partition coefficient (Wildman–Crippen LogP) is 8.18. The Balaban J connectivity index is 1.78. The van der Waals surface area contributed by atoms with Crippen LogP contribution < -0.4 is 0 Å². The van der Waals surface area contributed by atoms with Gasteiger partial charge in [-0.25, -0.2) is 9.78 Å². The van der Waals surface area contributed by atoms with E-state index in [0.29, 0.717) is 10.6 Å². The van der Waals surface area contributed by atoms with Crippen molar-refractivity contribution in [1.29, 1.82) is 0 Å². The van der Waals surface area contributed by atoms with Crippen LogP contribution in [0.3, 0.4) is 0 Å². The van der Waals surface area contributed by atoms with Gasteiger partial charge in [-0.1, -0.05) is 29.8 Å². The minimum atomic E-state index is -1.15. The van der Waals surface area contributed by atoms with E-state index in [1.54, 1.807) is 0 Å². The SMILES string of the molecule is Cc1cc2nc(-c3ccc4c(Br)nn(C)c4c3)sc2c(-c2ccc(Cl)cc2)c1C(OC(C)(C)C)C(=O)O. The smallest absolute Gasteiger partial charge is 0.337 e. The fourth-order valence-electron chi connectivity index (χ4n) is 4.51. The van der Waals surface area contributed by atoms with Gasteiger partial charge in [0, 0.05) is 34.1 Å². The van der Waals surface area contributed by atoms with Gasteiger partial charge in [0.05, 0.1) is 21.3 Å². The summed E-state index contributed by atoms with van der Waals surface area (Å²) in [5.41, 5.74) is 5.18. The topological polar surface area (TPSA) is 77.2 Å². The third-order valence-electron chi connectivity index (χ3n) is 6.07. The maximum atomic E-state index is 12.5. The van der Waals surface area contributed by atoms with Crippen molar-refractivity contribution < 1.29 is 14.6 Å². The molecule has 0 saturated heterocycles.